The largest absolute Gasteiger partial charge is 0.468 e. The molecule has 1 rings (SSSR count). The van der Waals surface area contributed by atoms with Crippen LogP contribution >= 0.6 is 0 Å². The van der Waals surface area contributed by atoms with Gasteiger partial charge in [0.1, 0.15) is 5.76 Å². The van der Waals surface area contributed by atoms with E-state index in [1.807, 2.05) is 6.07 Å². The van der Waals surface area contributed by atoms with E-state index >= 15 is 0 Å². The summed E-state index contributed by atoms with van der Waals surface area (Å²) in [4.78, 5) is 0. The van der Waals surface area contributed by atoms with Gasteiger partial charge in [-0.1, -0.05) is 26.2 Å². The second-order valence-corrected chi connectivity index (χ2v) is 4.30. The molecule has 2 heteroatoms. The lowest BCUT2D eigenvalue weighted by molar-refractivity contribution is 0.432. The Morgan fingerprint density at radius 2 is 2.20 bits per heavy atom. The Hall–Kier alpha value is -0.760. The average molecular weight is 209 g/mol. The highest BCUT2D eigenvalue weighted by Crippen LogP contribution is 2.09. The lowest BCUT2D eigenvalue weighted by atomic mass is 10.1. The van der Waals surface area contributed by atoms with Crippen LogP contribution in [0.25, 0.3) is 0 Å². The van der Waals surface area contributed by atoms with Crippen molar-refractivity contribution in [3.63, 3.8) is 0 Å². The van der Waals surface area contributed by atoms with E-state index in [9.17, 15) is 0 Å². The molecule has 0 saturated carbocycles. The van der Waals surface area contributed by atoms with E-state index < -0.39 is 0 Å². The standard InChI is InChI=1S/C13H23NO/c1-4-5-6-7-12(3)14-10-13-11(2)8-9-15-13/h8-9,12,14H,4-7,10H2,1-3H3. The number of furan rings is 1. The summed E-state index contributed by atoms with van der Waals surface area (Å²) in [7, 11) is 0. The van der Waals surface area contributed by atoms with Crippen LogP contribution in [0.15, 0.2) is 16.7 Å². The Kier molecular flexibility index (Phi) is 5.48. The second kappa shape index (κ2) is 6.67. The second-order valence-electron chi connectivity index (χ2n) is 4.30. The summed E-state index contributed by atoms with van der Waals surface area (Å²) >= 11 is 0. The predicted molar refractivity (Wildman–Crippen MR) is 63.9 cm³/mol. The van der Waals surface area contributed by atoms with Crippen molar-refractivity contribution in [1.29, 1.82) is 0 Å². The fourth-order valence-electron chi connectivity index (χ4n) is 1.65. The zero-order valence-corrected chi connectivity index (χ0v) is 10.2. The number of nitrogens with one attached hydrogen (secondary N) is 1. The summed E-state index contributed by atoms with van der Waals surface area (Å²) < 4.78 is 5.38. The molecular weight excluding hydrogens is 186 g/mol. The van der Waals surface area contributed by atoms with Gasteiger partial charge < -0.3 is 9.73 Å². The summed E-state index contributed by atoms with van der Waals surface area (Å²) in [5.74, 6) is 1.07. The van der Waals surface area contributed by atoms with Crippen molar-refractivity contribution in [3.8, 4) is 0 Å². The van der Waals surface area contributed by atoms with Crippen molar-refractivity contribution in [2.45, 2.75) is 59.0 Å². The molecule has 0 radical (unpaired) electrons. The quantitative estimate of drug-likeness (QED) is 0.693. The molecule has 0 aliphatic carbocycles. The zero-order valence-electron chi connectivity index (χ0n) is 10.2. The number of unbranched alkanes of at least 4 members (excludes halogenated alkanes) is 2. The van der Waals surface area contributed by atoms with Crippen LogP contribution in [-0.2, 0) is 6.54 Å². The van der Waals surface area contributed by atoms with Gasteiger partial charge in [0.15, 0.2) is 0 Å². The van der Waals surface area contributed by atoms with Gasteiger partial charge in [-0.25, -0.2) is 0 Å². The molecule has 1 aromatic rings. The maximum absolute atomic E-state index is 5.38. The van der Waals surface area contributed by atoms with Crippen LogP contribution in [0, 0.1) is 6.92 Å². The van der Waals surface area contributed by atoms with Crippen LogP contribution in [0.1, 0.15) is 50.9 Å². The molecule has 0 amide bonds. The van der Waals surface area contributed by atoms with Gasteiger partial charge in [0.05, 0.1) is 12.8 Å². The van der Waals surface area contributed by atoms with Gasteiger partial charge in [0.25, 0.3) is 0 Å². The molecule has 0 aromatic carbocycles. The lowest BCUT2D eigenvalue weighted by Crippen LogP contribution is -2.25. The van der Waals surface area contributed by atoms with Crippen molar-refractivity contribution in [2.75, 3.05) is 0 Å². The summed E-state index contributed by atoms with van der Waals surface area (Å²) in [6.07, 6.45) is 6.97. The normalized spacial score (nSPS) is 13.0. The van der Waals surface area contributed by atoms with Crippen LogP contribution in [0.5, 0.6) is 0 Å². The molecule has 1 heterocycles. The van der Waals surface area contributed by atoms with Crippen LogP contribution in [0.4, 0.5) is 0 Å². The van der Waals surface area contributed by atoms with E-state index in [0.717, 1.165) is 12.3 Å². The summed E-state index contributed by atoms with van der Waals surface area (Å²) in [5.41, 5.74) is 1.24. The van der Waals surface area contributed by atoms with E-state index in [1.165, 1.54) is 31.2 Å². The molecule has 1 atom stereocenters. The number of hydrogen-bond donors (Lipinski definition) is 1. The highest BCUT2D eigenvalue weighted by atomic mass is 16.3. The SMILES string of the molecule is CCCCCC(C)NCc1occc1C. The molecule has 1 N–H and O–H groups in total. The van der Waals surface area contributed by atoms with E-state index in [2.05, 4.69) is 26.1 Å². The molecule has 86 valence electrons. The summed E-state index contributed by atoms with van der Waals surface area (Å²) in [5, 5.41) is 3.49. The number of aryl methyl sites for hydroxylation is 1. The van der Waals surface area contributed by atoms with Gasteiger partial charge in [-0.2, -0.15) is 0 Å². The first kappa shape index (κ1) is 12.3. The van der Waals surface area contributed by atoms with E-state index in [1.54, 1.807) is 6.26 Å². The van der Waals surface area contributed by atoms with Crippen molar-refractivity contribution < 1.29 is 4.42 Å². The Morgan fingerprint density at radius 1 is 1.40 bits per heavy atom. The Morgan fingerprint density at radius 3 is 2.80 bits per heavy atom. The van der Waals surface area contributed by atoms with Gasteiger partial charge >= 0.3 is 0 Å². The highest BCUT2D eigenvalue weighted by Gasteiger charge is 2.04. The van der Waals surface area contributed by atoms with Crippen molar-refractivity contribution in [2.24, 2.45) is 0 Å². The van der Waals surface area contributed by atoms with Gasteiger partial charge in [0.2, 0.25) is 0 Å². The van der Waals surface area contributed by atoms with Crippen LogP contribution < -0.4 is 5.32 Å². The minimum atomic E-state index is 0.584. The Bertz CT molecular complexity index is 267. The van der Waals surface area contributed by atoms with E-state index in [-0.39, 0.29) is 0 Å². The van der Waals surface area contributed by atoms with Gasteiger partial charge in [-0.3, -0.25) is 0 Å². The smallest absolute Gasteiger partial charge is 0.120 e. The maximum Gasteiger partial charge on any atom is 0.120 e. The first-order chi connectivity index (χ1) is 7.24. The Labute approximate surface area is 93.1 Å². The van der Waals surface area contributed by atoms with Gasteiger partial charge in [-0.05, 0) is 31.9 Å². The number of hydrogen-bond acceptors (Lipinski definition) is 2. The lowest BCUT2D eigenvalue weighted by Gasteiger charge is -2.12. The molecule has 0 aliphatic rings. The first-order valence-electron chi connectivity index (χ1n) is 6.00. The predicted octanol–water partition coefficient (Wildman–Crippen LogP) is 3.65. The molecule has 0 aliphatic heterocycles. The van der Waals surface area contributed by atoms with Crippen LogP contribution in [-0.4, -0.2) is 6.04 Å². The molecular formula is C13H23NO. The molecule has 0 saturated heterocycles. The zero-order chi connectivity index (χ0) is 11.1. The summed E-state index contributed by atoms with van der Waals surface area (Å²) in [6, 6.07) is 2.60. The summed E-state index contributed by atoms with van der Waals surface area (Å²) in [6.45, 7) is 7.42. The van der Waals surface area contributed by atoms with Crippen LogP contribution in [0.2, 0.25) is 0 Å². The van der Waals surface area contributed by atoms with E-state index in [4.69, 9.17) is 4.42 Å². The minimum absolute atomic E-state index is 0.584. The molecule has 15 heavy (non-hydrogen) atoms. The van der Waals surface area contributed by atoms with Crippen molar-refractivity contribution in [1.82, 2.24) is 5.32 Å². The fourth-order valence-corrected chi connectivity index (χ4v) is 1.65. The Balaban J connectivity index is 2.16. The average Bonchev–Trinajstić information content (AvgIpc) is 2.61. The third kappa shape index (κ3) is 4.52. The molecule has 2 nitrogen and oxygen atoms in total. The fraction of sp³-hybridized carbons (Fsp3) is 0.692. The van der Waals surface area contributed by atoms with Gasteiger partial charge in [0, 0.05) is 6.04 Å². The molecule has 1 unspecified atom stereocenters. The van der Waals surface area contributed by atoms with Crippen molar-refractivity contribution >= 4 is 0 Å². The third-order valence-corrected chi connectivity index (χ3v) is 2.82. The third-order valence-electron chi connectivity index (χ3n) is 2.82. The molecule has 1 aromatic heterocycles. The molecule has 0 fully saturated rings. The number of rotatable bonds is 7. The van der Waals surface area contributed by atoms with Crippen LogP contribution in [0.3, 0.4) is 0 Å². The minimum Gasteiger partial charge on any atom is -0.468 e. The molecule has 0 bridgehead atoms. The van der Waals surface area contributed by atoms with Gasteiger partial charge in [-0.15, -0.1) is 0 Å². The van der Waals surface area contributed by atoms with Crippen molar-refractivity contribution in [3.05, 3.63) is 23.7 Å². The highest BCUT2D eigenvalue weighted by molar-refractivity contribution is 5.14. The molecule has 0 spiro atoms. The van der Waals surface area contributed by atoms with E-state index in [0.29, 0.717) is 6.04 Å². The topological polar surface area (TPSA) is 25.2 Å². The monoisotopic (exact) mass is 209 g/mol. The maximum atomic E-state index is 5.38. The first-order valence-corrected chi connectivity index (χ1v) is 6.00.